The van der Waals surface area contributed by atoms with Gasteiger partial charge in [-0.15, -0.1) is 0 Å². The summed E-state index contributed by atoms with van der Waals surface area (Å²) < 4.78 is 39.9. The third kappa shape index (κ3) is 7.82. The number of benzene rings is 3. The molecular formula is C32H41N3O6S. The fourth-order valence-electron chi connectivity index (χ4n) is 4.48. The van der Waals surface area contributed by atoms with E-state index < -0.39 is 28.5 Å². The fraction of sp³-hybridized carbons (Fsp3) is 0.375. The number of hydrogen-bond donors (Lipinski definition) is 1. The van der Waals surface area contributed by atoms with E-state index in [1.807, 2.05) is 52.0 Å². The van der Waals surface area contributed by atoms with Crippen molar-refractivity contribution in [3.05, 3.63) is 83.9 Å². The molecule has 0 fully saturated rings. The lowest BCUT2D eigenvalue weighted by atomic mass is 10.1. The lowest BCUT2D eigenvalue weighted by molar-refractivity contribution is -0.140. The van der Waals surface area contributed by atoms with E-state index in [1.54, 1.807) is 30.3 Å². The summed E-state index contributed by atoms with van der Waals surface area (Å²) in [7, 11) is -1.36. The van der Waals surface area contributed by atoms with Gasteiger partial charge in [-0.1, -0.05) is 61.9 Å². The first-order chi connectivity index (χ1) is 20.0. The predicted octanol–water partition coefficient (Wildman–Crippen LogP) is 4.93. The summed E-state index contributed by atoms with van der Waals surface area (Å²) in [6.45, 7) is 7.31. The van der Waals surface area contributed by atoms with Gasteiger partial charge in [0.15, 0.2) is 11.5 Å². The zero-order valence-corrected chi connectivity index (χ0v) is 26.0. The van der Waals surface area contributed by atoms with Crippen molar-refractivity contribution >= 4 is 27.5 Å². The number of aryl methyl sites for hydroxylation is 1. The van der Waals surface area contributed by atoms with Crippen LogP contribution in [0, 0.1) is 6.92 Å². The summed E-state index contributed by atoms with van der Waals surface area (Å²) in [6, 6.07) is 19.5. The molecule has 2 amide bonds. The third-order valence-electron chi connectivity index (χ3n) is 7.13. The maximum atomic E-state index is 14.2. The van der Waals surface area contributed by atoms with Crippen LogP contribution in [0.5, 0.6) is 11.5 Å². The summed E-state index contributed by atoms with van der Waals surface area (Å²) >= 11 is 0. The van der Waals surface area contributed by atoms with E-state index in [0.717, 1.165) is 21.9 Å². The molecule has 2 atom stereocenters. The number of carbonyl (C=O) groups is 2. The summed E-state index contributed by atoms with van der Waals surface area (Å²) in [5.74, 6) is -0.163. The molecule has 10 heteroatoms. The molecule has 0 aliphatic heterocycles. The van der Waals surface area contributed by atoms with Crippen molar-refractivity contribution in [2.45, 2.75) is 64.1 Å². The molecule has 42 heavy (non-hydrogen) atoms. The summed E-state index contributed by atoms with van der Waals surface area (Å²) in [4.78, 5) is 28.9. The molecular weight excluding hydrogens is 554 g/mol. The number of sulfonamides is 1. The molecule has 0 spiro atoms. The lowest BCUT2D eigenvalue weighted by Crippen LogP contribution is -2.53. The van der Waals surface area contributed by atoms with Crippen LogP contribution >= 0.6 is 0 Å². The van der Waals surface area contributed by atoms with E-state index in [0.29, 0.717) is 17.9 Å². The van der Waals surface area contributed by atoms with Gasteiger partial charge in [-0.05, 0) is 56.5 Å². The third-order valence-corrected chi connectivity index (χ3v) is 8.90. The molecule has 0 heterocycles. The van der Waals surface area contributed by atoms with Crippen molar-refractivity contribution in [1.29, 1.82) is 0 Å². The van der Waals surface area contributed by atoms with Gasteiger partial charge in [0.05, 0.1) is 24.8 Å². The van der Waals surface area contributed by atoms with E-state index in [-0.39, 0.29) is 29.1 Å². The quantitative estimate of drug-likeness (QED) is 0.283. The zero-order valence-electron chi connectivity index (χ0n) is 25.2. The van der Waals surface area contributed by atoms with E-state index >= 15 is 0 Å². The second kappa shape index (κ2) is 14.7. The molecule has 226 valence electrons. The van der Waals surface area contributed by atoms with Crippen molar-refractivity contribution in [2.24, 2.45) is 0 Å². The molecule has 0 saturated carbocycles. The Morgan fingerprint density at radius 1 is 0.881 bits per heavy atom. The highest BCUT2D eigenvalue weighted by molar-refractivity contribution is 7.92. The van der Waals surface area contributed by atoms with E-state index in [1.165, 1.54) is 37.3 Å². The predicted molar refractivity (Wildman–Crippen MR) is 164 cm³/mol. The van der Waals surface area contributed by atoms with Crippen LogP contribution in [-0.2, 0) is 26.2 Å². The molecule has 0 unspecified atom stereocenters. The Kier molecular flexibility index (Phi) is 11.4. The van der Waals surface area contributed by atoms with Gasteiger partial charge in [0.2, 0.25) is 11.8 Å². The number of amides is 2. The molecule has 1 N–H and O–H groups in total. The number of rotatable bonds is 14. The standard InChI is InChI=1S/C32H41N3O6S/c1-7-24(4)33-32(37)28(8-2)34(21-25-16-14-23(3)15-17-25)31(36)22-35(26-12-10-9-11-13-26)42(38,39)27-18-19-29(40-5)30(20-27)41-6/h9-20,24,28H,7-8,21-22H2,1-6H3,(H,33,37)/t24-,28+/m0/s1. The van der Waals surface area contributed by atoms with Crippen LogP contribution in [0.2, 0.25) is 0 Å². The van der Waals surface area contributed by atoms with Crippen LogP contribution in [-0.4, -0.2) is 58.0 Å². The largest absolute Gasteiger partial charge is 0.493 e. The Bertz CT molecular complexity index is 1440. The van der Waals surface area contributed by atoms with Gasteiger partial charge in [0.25, 0.3) is 10.0 Å². The minimum atomic E-state index is -4.24. The van der Waals surface area contributed by atoms with Crippen LogP contribution in [0.3, 0.4) is 0 Å². The highest BCUT2D eigenvalue weighted by Gasteiger charge is 2.34. The fourth-order valence-corrected chi connectivity index (χ4v) is 5.91. The number of hydrogen-bond acceptors (Lipinski definition) is 6. The Morgan fingerprint density at radius 3 is 2.10 bits per heavy atom. The number of methoxy groups -OCH3 is 2. The first-order valence-corrected chi connectivity index (χ1v) is 15.4. The molecule has 0 bridgehead atoms. The first kappa shape index (κ1) is 32.5. The molecule has 0 aliphatic carbocycles. The highest BCUT2D eigenvalue weighted by Crippen LogP contribution is 2.32. The monoisotopic (exact) mass is 595 g/mol. The smallest absolute Gasteiger partial charge is 0.264 e. The Balaban J connectivity index is 2.06. The van der Waals surface area contributed by atoms with Crippen molar-refractivity contribution < 1.29 is 27.5 Å². The molecule has 0 aromatic heterocycles. The van der Waals surface area contributed by atoms with Crippen LogP contribution in [0.25, 0.3) is 0 Å². The average Bonchev–Trinajstić information content (AvgIpc) is 3.00. The molecule has 9 nitrogen and oxygen atoms in total. The van der Waals surface area contributed by atoms with Gasteiger partial charge >= 0.3 is 0 Å². The Morgan fingerprint density at radius 2 is 1.52 bits per heavy atom. The normalized spacial score (nSPS) is 12.6. The number of ether oxygens (including phenoxy) is 2. The maximum absolute atomic E-state index is 14.2. The van der Waals surface area contributed by atoms with Crippen molar-refractivity contribution in [3.8, 4) is 11.5 Å². The van der Waals surface area contributed by atoms with Crippen molar-refractivity contribution in [2.75, 3.05) is 25.1 Å². The number of para-hydroxylation sites is 1. The van der Waals surface area contributed by atoms with Crippen molar-refractivity contribution in [1.82, 2.24) is 10.2 Å². The lowest BCUT2D eigenvalue weighted by Gasteiger charge is -2.33. The van der Waals surface area contributed by atoms with Gasteiger partial charge in [-0.3, -0.25) is 13.9 Å². The molecule has 3 aromatic carbocycles. The highest BCUT2D eigenvalue weighted by atomic mass is 32.2. The van der Waals surface area contributed by atoms with E-state index in [4.69, 9.17) is 9.47 Å². The van der Waals surface area contributed by atoms with E-state index in [9.17, 15) is 18.0 Å². The molecule has 3 aromatic rings. The second-order valence-corrected chi connectivity index (χ2v) is 12.0. The zero-order chi connectivity index (χ0) is 30.9. The van der Waals surface area contributed by atoms with Crippen molar-refractivity contribution in [3.63, 3.8) is 0 Å². The van der Waals surface area contributed by atoms with Gasteiger partial charge < -0.3 is 19.7 Å². The van der Waals surface area contributed by atoms with Crippen LogP contribution in [0.4, 0.5) is 5.69 Å². The first-order valence-electron chi connectivity index (χ1n) is 14.0. The molecule has 0 saturated heterocycles. The molecule has 3 rings (SSSR count). The maximum Gasteiger partial charge on any atom is 0.264 e. The van der Waals surface area contributed by atoms with Gasteiger partial charge in [-0.25, -0.2) is 8.42 Å². The van der Waals surface area contributed by atoms with E-state index in [2.05, 4.69) is 5.32 Å². The topological polar surface area (TPSA) is 105 Å². The average molecular weight is 596 g/mol. The van der Waals surface area contributed by atoms with Crippen LogP contribution in [0.15, 0.2) is 77.7 Å². The number of nitrogens with zero attached hydrogens (tertiary/aromatic N) is 2. The minimum absolute atomic E-state index is 0.0663. The van der Waals surface area contributed by atoms with Crippen LogP contribution < -0.4 is 19.1 Å². The van der Waals surface area contributed by atoms with Gasteiger partial charge in [0.1, 0.15) is 12.6 Å². The molecule has 0 aliphatic rings. The number of carbonyl (C=O) groups excluding carboxylic acids is 2. The minimum Gasteiger partial charge on any atom is -0.493 e. The Hall–Kier alpha value is -4.05. The van der Waals surface area contributed by atoms with Gasteiger partial charge in [-0.2, -0.15) is 0 Å². The second-order valence-electron chi connectivity index (χ2n) is 10.1. The number of anilines is 1. The van der Waals surface area contributed by atoms with Crippen LogP contribution in [0.1, 0.15) is 44.7 Å². The Labute approximate surface area is 249 Å². The molecule has 0 radical (unpaired) electrons. The SMILES string of the molecule is CC[C@H](C(=O)N[C@@H](C)CC)N(Cc1ccc(C)cc1)C(=O)CN(c1ccccc1)S(=O)(=O)c1ccc(OC)c(OC)c1. The van der Waals surface area contributed by atoms with Gasteiger partial charge in [0, 0.05) is 18.7 Å². The summed E-state index contributed by atoms with van der Waals surface area (Å²) in [5, 5.41) is 2.98. The summed E-state index contributed by atoms with van der Waals surface area (Å²) in [5.41, 5.74) is 2.21. The number of nitrogens with one attached hydrogen (secondary N) is 1. The summed E-state index contributed by atoms with van der Waals surface area (Å²) in [6.07, 6.45) is 1.09.